The highest BCUT2D eigenvalue weighted by Crippen LogP contribution is 2.34. The van der Waals surface area contributed by atoms with Crippen LogP contribution in [0, 0.1) is 11.3 Å². The molecule has 2 aromatic carbocycles. The van der Waals surface area contributed by atoms with E-state index >= 15 is 0 Å². The van der Waals surface area contributed by atoms with Crippen LogP contribution in [0.25, 0.3) is 22.6 Å². The lowest BCUT2D eigenvalue weighted by atomic mass is 10.1. The van der Waals surface area contributed by atoms with Gasteiger partial charge >= 0.3 is 5.97 Å². The number of thiazole rings is 1. The molecule has 3 rings (SSSR count). The van der Waals surface area contributed by atoms with Crippen molar-refractivity contribution >= 4 is 40.2 Å². The average molecular weight is 393 g/mol. The van der Waals surface area contributed by atoms with E-state index in [0.717, 1.165) is 17.3 Å². The molecular weight excluding hydrogens is 380 g/mol. The predicted molar refractivity (Wildman–Crippen MR) is 108 cm³/mol. The number of carbonyl (C=O) groups is 1. The van der Waals surface area contributed by atoms with Crippen LogP contribution in [0.15, 0.2) is 72.6 Å². The highest BCUT2D eigenvalue weighted by molar-refractivity contribution is 7.11. The highest BCUT2D eigenvalue weighted by atomic mass is 35.5. The Kier molecular flexibility index (Phi) is 5.82. The highest BCUT2D eigenvalue weighted by Gasteiger charge is 2.21. The number of benzene rings is 2. The van der Waals surface area contributed by atoms with Crippen LogP contribution in [0.1, 0.15) is 10.6 Å². The molecular formula is C21H13ClN2O2S. The van der Waals surface area contributed by atoms with Crippen molar-refractivity contribution in [2.24, 2.45) is 0 Å². The second kappa shape index (κ2) is 8.45. The lowest BCUT2D eigenvalue weighted by molar-refractivity contribution is -0.131. The third-order valence-electron chi connectivity index (χ3n) is 3.61. The quantitative estimate of drug-likeness (QED) is 0.246. The van der Waals surface area contributed by atoms with Crippen molar-refractivity contribution in [2.75, 3.05) is 0 Å². The number of nitrogens with zero attached hydrogens (tertiary/aromatic N) is 2. The van der Waals surface area contributed by atoms with Crippen LogP contribution in [0.5, 0.6) is 0 Å². The molecule has 0 spiro atoms. The topological polar surface area (TPSA) is 63.0 Å². The summed E-state index contributed by atoms with van der Waals surface area (Å²) in [6.07, 6.45) is 1.03. The van der Waals surface area contributed by atoms with Gasteiger partial charge in [0.05, 0.1) is 10.7 Å². The fraction of sp³-hybridized carbons (Fsp3) is 0. The van der Waals surface area contributed by atoms with Crippen LogP contribution in [-0.2, 0) is 9.53 Å². The third-order valence-corrected chi connectivity index (χ3v) is 4.80. The maximum absolute atomic E-state index is 11.8. The lowest BCUT2D eigenvalue weighted by Crippen LogP contribution is -2.03. The molecule has 6 heteroatoms. The third kappa shape index (κ3) is 4.14. The van der Waals surface area contributed by atoms with E-state index in [4.69, 9.17) is 16.3 Å². The minimum absolute atomic E-state index is 0.0574. The Bertz CT molecular complexity index is 1070. The SMILES string of the molecule is C=CC(=O)OC(=C(C#N)c1nc(-c2ccccc2)cs1)c1ccccc1Cl. The summed E-state index contributed by atoms with van der Waals surface area (Å²) in [5, 5.41) is 12.4. The van der Waals surface area contributed by atoms with Gasteiger partial charge in [-0.3, -0.25) is 0 Å². The van der Waals surface area contributed by atoms with E-state index < -0.39 is 5.97 Å². The lowest BCUT2D eigenvalue weighted by Gasteiger charge is -2.11. The van der Waals surface area contributed by atoms with Gasteiger partial charge in [-0.05, 0) is 12.1 Å². The second-order valence-corrected chi connectivity index (χ2v) is 6.59. The van der Waals surface area contributed by atoms with Gasteiger partial charge in [-0.15, -0.1) is 11.3 Å². The Hall–Kier alpha value is -3.20. The normalized spacial score (nSPS) is 11.3. The summed E-state index contributed by atoms with van der Waals surface area (Å²) in [6, 6.07) is 18.5. The molecule has 0 saturated heterocycles. The first kappa shape index (κ1) is 18.6. The summed E-state index contributed by atoms with van der Waals surface area (Å²) >= 11 is 7.55. The van der Waals surface area contributed by atoms with Crippen LogP contribution in [0.3, 0.4) is 0 Å². The van der Waals surface area contributed by atoms with E-state index in [1.54, 1.807) is 24.3 Å². The molecule has 1 aromatic heterocycles. The smallest absolute Gasteiger partial charge is 0.335 e. The zero-order chi connectivity index (χ0) is 19.2. The number of hydrogen-bond donors (Lipinski definition) is 0. The molecule has 4 nitrogen and oxygen atoms in total. The van der Waals surface area contributed by atoms with Crippen LogP contribution < -0.4 is 0 Å². The van der Waals surface area contributed by atoms with Gasteiger partial charge < -0.3 is 4.74 Å². The largest absolute Gasteiger partial charge is 0.421 e. The maximum atomic E-state index is 11.8. The number of ether oxygens (including phenoxy) is 1. The summed E-state index contributed by atoms with van der Waals surface area (Å²) in [6.45, 7) is 3.41. The average Bonchev–Trinajstić information content (AvgIpc) is 3.18. The Labute approximate surface area is 165 Å². The van der Waals surface area contributed by atoms with Crippen LogP contribution >= 0.6 is 22.9 Å². The van der Waals surface area contributed by atoms with Gasteiger partial charge in [0.1, 0.15) is 16.6 Å². The standard InChI is InChI=1S/C21H13ClN2O2S/c1-2-19(25)26-20(15-10-6-7-11-17(15)22)16(12-23)21-24-18(13-27-21)14-8-4-3-5-9-14/h2-11,13H,1H2. The Morgan fingerprint density at radius 1 is 1.19 bits per heavy atom. The van der Waals surface area contributed by atoms with Crippen molar-refractivity contribution in [1.82, 2.24) is 4.98 Å². The molecule has 0 saturated carbocycles. The van der Waals surface area contributed by atoms with Gasteiger partial charge in [-0.25, -0.2) is 9.78 Å². The fourth-order valence-electron chi connectivity index (χ4n) is 2.35. The van der Waals surface area contributed by atoms with E-state index in [2.05, 4.69) is 17.6 Å². The summed E-state index contributed by atoms with van der Waals surface area (Å²) in [4.78, 5) is 16.4. The molecule has 0 aliphatic carbocycles. The second-order valence-electron chi connectivity index (χ2n) is 5.32. The van der Waals surface area contributed by atoms with Crippen molar-refractivity contribution in [2.45, 2.75) is 0 Å². The molecule has 0 radical (unpaired) electrons. The zero-order valence-electron chi connectivity index (χ0n) is 14.1. The molecule has 132 valence electrons. The molecule has 27 heavy (non-hydrogen) atoms. The van der Waals surface area contributed by atoms with Gasteiger partial charge in [-0.1, -0.05) is 60.6 Å². The number of esters is 1. The monoisotopic (exact) mass is 392 g/mol. The fourth-order valence-corrected chi connectivity index (χ4v) is 3.39. The van der Waals surface area contributed by atoms with Gasteiger partial charge in [0.15, 0.2) is 5.76 Å². The molecule has 1 heterocycles. The van der Waals surface area contributed by atoms with Crippen molar-refractivity contribution in [1.29, 1.82) is 5.26 Å². The van der Waals surface area contributed by atoms with E-state index in [9.17, 15) is 10.1 Å². The van der Waals surface area contributed by atoms with E-state index in [1.807, 2.05) is 35.7 Å². The summed E-state index contributed by atoms with van der Waals surface area (Å²) in [5.41, 5.74) is 2.23. The van der Waals surface area contributed by atoms with Gasteiger partial charge in [-0.2, -0.15) is 5.26 Å². The van der Waals surface area contributed by atoms with E-state index in [0.29, 0.717) is 15.6 Å². The Balaban J connectivity index is 2.15. The predicted octanol–water partition coefficient (Wildman–Crippen LogP) is 5.58. The Morgan fingerprint density at radius 3 is 2.56 bits per heavy atom. The van der Waals surface area contributed by atoms with Gasteiger partial charge in [0.2, 0.25) is 0 Å². The zero-order valence-corrected chi connectivity index (χ0v) is 15.6. The van der Waals surface area contributed by atoms with Gasteiger partial charge in [0, 0.05) is 22.6 Å². The summed E-state index contributed by atoms with van der Waals surface area (Å²) in [7, 11) is 0. The number of carbonyl (C=O) groups excluding carboxylic acids is 1. The van der Waals surface area contributed by atoms with Gasteiger partial charge in [0.25, 0.3) is 0 Å². The first-order valence-corrected chi connectivity index (χ1v) is 9.14. The molecule has 0 N–H and O–H groups in total. The summed E-state index contributed by atoms with van der Waals surface area (Å²) < 4.78 is 5.37. The van der Waals surface area contributed by atoms with Crippen LogP contribution in [-0.4, -0.2) is 11.0 Å². The van der Waals surface area contributed by atoms with Crippen molar-refractivity contribution in [3.8, 4) is 17.3 Å². The maximum Gasteiger partial charge on any atom is 0.335 e. The molecule has 0 atom stereocenters. The number of halogens is 1. The van der Waals surface area contributed by atoms with Crippen LogP contribution in [0.2, 0.25) is 5.02 Å². The van der Waals surface area contributed by atoms with E-state index in [1.165, 1.54) is 11.3 Å². The van der Waals surface area contributed by atoms with Crippen molar-refractivity contribution in [3.63, 3.8) is 0 Å². The molecule has 0 fully saturated rings. The molecule has 0 bridgehead atoms. The van der Waals surface area contributed by atoms with Crippen molar-refractivity contribution < 1.29 is 9.53 Å². The molecule has 0 amide bonds. The van der Waals surface area contributed by atoms with E-state index in [-0.39, 0.29) is 11.3 Å². The first-order valence-electron chi connectivity index (χ1n) is 7.89. The first-order chi connectivity index (χ1) is 13.1. The molecule has 0 aliphatic rings. The minimum atomic E-state index is -0.683. The number of allylic oxidation sites excluding steroid dienone is 1. The number of rotatable bonds is 5. The molecule has 0 unspecified atom stereocenters. The number of aromatic nitrogens is 1. The molecule has 0 aliphatic heterocycles. The van der Waals surface area contributed by atoms with Crippen LogP contribution in [0.4, 0.5) is 0 Å². The number of hydrogen-bond acceptors (Lipinski definition) is 5. The van der Waals surface area contributed by atoms with Crippen molar-refractivity contribution in [3.05, 3.63) is 88.2 Å². The molecule has 3 aromatic rings. The Morgan fingerprint density at radius 2 is 1.89 bits per heavy atom. The number of nitriles is 1. The minimum Gasteiger partial charge on any atom is -0.421 e. The summed E-state index contributed by atoms with van der Waals surface area (Å²) in [5.74, 6) is -0.625.